The average Bonchev–Trinajstić information content (AvgIpc) is 3.24. The Bertz CT molecular complexity index is 1310. The Morgan fingerprint density at radius 3 is 2.41 bits per heavy atom. The quantitative estimate of drug-likeness (QED) is 0.415. The highest BCUT2D eigenvalue weighted by Crippen LogP contribution is 2.37. The Balaban J connectivity index is 1.32. The molecule has 2 heterocycles. The van der Waals surface area contributed by atoms with E-state index in [-0.39, 0.29) is 12.1 Å². The SMILES string of the molecule is COc1cc2nccc(Oc3ccc(N4CC(Cc5ccccc5)NC4=O)cc3)c2cc1OC. The van der Waals surface area contributed by atoms with Crippen molar-refractivity contribution in [3.8, 4) is 23.0 Å². The van der Waals surface area contributed by atoms with E-state index in [1.54, 1.807) is 25.3 Å². The van der Waals surface area contributed by atoms with Gasteiger partial charge in [0, 0.05) is 29.9 Å². The predicted molar refractivity (Wildman–Crippen MR) is 131 cm³/mol. The van der Waals surface area contributed by atoms with Crippen LogP contribution >= 0.6 is 0 Å². The molecule has 1 saturated heterocycles. The summed E-state index contributed by atoms with van der Waals surface area (Å²) in [6.07, 6.45) is 2.49. The van der Waals surface area contributed by atoms with Gasteiger partial charge in [0.1, 0.15) is 11.5 Å². The lowest BCUT2D eigenvalue weighted by atomic mass is 10.1. The Hall–Kier alpha value is -4.26. The fourth-order valence-corrected chi connectivity index (χ4v) is 4.20. The zero-order valence-electron chi connectivity index (χ0n) is 19.0. The number of ether oxygens (including phenoxy) is 3. The number of aromatic nitrogens is 1. The third-order valence-electron chi connectivity index (χ3n) is 5.88. The second kappa shape index (κ2) is 9.31. The number of anilines is 1. The third kappa shape index (κ3) is 4.32. The number of nitrogens with zero attached hydrogens (tertiary/aromatic N) is 2. The third-order valence-corrected chi connectivity index (χ3v) is 5.88. The molecule has 4 aromatic rings. The van der Waals surface area contributed by atoms with E-state index < -0.39 is 0 Å². The molecule has 1 N–H and O–H groups in total. The van der Waals surface area contributed by atoms with Gasteiger partial charge >= 0.3 is 6.03 Å². The van der Waals surface area contributed by atoms with Crippen molar-refractivity contribution in [2.75, 3.05) is 25.7 Å². The van der Waals surface area contributed by atoms with Gasteiger partial charge < -0.3 is 19.5 Å². The van der Waals surface area contributed by atoms with E-state index >= 15 is 0 Å². The van der Waals surface area contributed by atoms with Crippen LogP contribution in [0.15, 0.2) is 79.0 Å². The van der Waals surface area contributed by atoms with Gasteiger partial charge in [0.05, 0.1) is 25.8 Å². The largest absolute Gasteiger partial charge is 0.493 e. The molecule has 1 atom stereocenters. The summed E-state index contributed by atoms with van der Waals surface area (Å²) in [5.41, 5.74) is 2.77. The van der Waals surface area contributed by atoms with Gasteiger partial charge in [-0.25, -0.2) is 4.79 Å². The summed E-state index contributed by atoms with van der Waals surface area (Å²) in [5, 5.41) is 3.88. The van der Waals surface area contributed by atoms with Crippen molar-refractivity contribution in [3.63, 3.8) is 0 Å². The highest BCUT2D eigenvalue weighted by Gasteiger charge is 2.29. The molecule has 1 aromatic heterocycles. The molecule has 3 aromatic carbocycles. The monoisotopic (exact) mass is 455 g/mol. The summed E-state index contributed by atoms with van der Waals surface area (Å²) >= 11 is 0. The van der Waals surface area contributed by atoms with E-state index in [0.29, 0.717) is 29.5 Å². The van der Waals surface area contributed by atoms with Crippen molar-refractivity contribution in [2.24, 2.45) is 0 Å². The molecule has 1 unspecified atom stereocenters. The molecule has 1 fully saturated rings. The van der Waals surface area contributed by atoms with E-state index in [1.165, 1.54) is 5.56 Å². The van der Waals surface area contributed by atoms with Gasteiger partial charge in [0.15, 0.2) is 11.5 Å². The molecule has 1 aliphatic heterocycles. The number of methoxy groups -OCH3 is 2. The maximum absolute atomic E-state index is 12.6. The van der Waals surface area contributed by atoms with Crippen LogP contribution in [0.4, 0.5) is 10.5 Å². The minimum atomic E-state index is -0.0873. The van der Waals surface area contributed by atoms with Crippen molar-refractivity contribution in [1.82, 2.24) is 10.3 Å². The van der Waals surface area contributed by atoms with E-state index in [1.807, 2.05) is 60.7 Å². The van der Waals surface area contributed by atoms with Crippen LogP contribution in [0.1, 0.15) is 5.56 Å². The Morgan fingerprint density at radius 1 is 0.941 bits per heavy atom. The van der Waals surface area contributed by atoms with Crippen LogP contribution in [0.3, 0.4) is 0 Å². The first-order valence-electron chi connectivity index (χ1n) is 11.0. The molecular weight excluding hydrogens is 430 g/mol. The van der Waals surface area contributed by atoms with E-state index in [2.05, 4.69) is 22.4 Å². The Morgan fingerprint density at radius 2 is 1.68 bits per heavy atom. The maximum atomic E-state index is 12.6. The smallest absolute Gasteiger partial charge is 0.322 e. The second-order valence-electron chi connectivity index (χ2n) is 8.08. The number of pyridine rings is 1. The van der Waals surface area contributed by atoms with Gasteiger partial charge in [-0.05, 0) is 48.4 Å². The molecule has 0 aliphatic carbocycles. The minimum Gasteiger partial charge on any atom is -0.493 e. The lowest BCUT2D eigenvalue weighted by Crippen LogP contribution is -2.29. The summed E-state index contributed by atoms with van der Waals surface area (Å²) < 4.78 is 17.0. The van der Waals surface area contributed by atoms with E-state index in [0.717, 1.165) is 23.0 Å². The van der Waals surface area contributed by atoms with Crippen molar-refractivity contribution in [2.45, 2.75) is 12.5 Å². The van der Waals surface area contributed by atoms with Gasteiger partial charge in [0.2, 0.25) is 0 Å². The van der Waals surface area contributed by atoms with Crippen LogP contribution in [0, 0.1) is 0 Å². The number of hydrogen-bond donors (Lipinski definition) is 1. The van der Waals surface area contributed by atoms with Crippen LogP contribution in [-0.4, -0.2) is 37.8 Å². The summed E-state index contributed by atoms with van der Waals surface area (Å²) in [6, 6.07) is 23.2. The number of hydrogen-bond acceptors (Lipinski definition) is 5. The first-order chi connectivity index (χ1) is 16.6. The molecule has 0 radical (unpaired) electrons. The summed E-state index contributed by atoms with van der Waals surface area (Å²) in [6.45, 7) is 0.616. The van der Waals surface area contributed by atoms with Crippen molar-refractivity contribution in [1.29, 1.82) is 0 Å². The lowest BCUT2D eigenvalue weighted by Gasteiger charge is -2.16. The molecule has 0 saturated carbocycles. The zero-order chi connectivity index (χ0) is 23.5. The molecule has 7 heteroatoms. The molecule has 172 valence electrons. The van der Waals surface area contributed by atoms with Gasteiger partial charge in [-0.1, -0.05) is 30.3 Å². The molecule has 7 nitrogen and oxygen atoms in total. The van der Waals surface area contributed by atoms with E-state index in [4.69, 9.17) is 14.2 Å². The molecule has 0 spiro atoms. The van der Waals surface area contributed by atoms with Gasteiger partial charge in [-0.2, -0.15) is 0 Å². The second-order valence-corrected chi connectivity index (χ2v) is 8.08. The number of fused-ring (bicyclic) bond motifs is 1. The van der Waals surface area contributed by atoms with Crippen LogP contribution in [0.2, 0.25) is 0 Å². The highest BCUT2D eigenvalue weighted by molar-refractivity contribution is 5.94. The number of benzene rings is 3. The first kappa shape index (κ1) is 21.6. The molecule has 34 heavy (non-hydrogen) atoms. The number of urea groups is 1. The topological polar surface area (TPSA) is 72.9 Å². The average molecular weight is 456 g/mol. The number of nitrogens with one attached hydrogen (secondary N) is 1. The zero-order valence-corrected chi connectivity index (χ0v) is 19.0. The fraction of sp³-hybridized carbons (Fsp3) is 0.185. The molecular formula is C27H25N3O4. The number of carbonyl (C=O) groups is 1. The lowest BCUT2D eigenvalue weighted by molar-refractivity contribution is 0.251. The molecule has 1 aliphatic rings. The summed E-state index contributed by atoms with van der Waals surface area (Å²) in [5.74, 6) is 2.53. The van der Waals surface area contributed by atoms with Crippen molar-refractivity contribution >= 4 is 22.6 Å². The normalized spacial score (nSPS) is 15.3. The van der Waals surface area contributed by atoms with Gasteiger partial charge in [-0.3, -0.25) is 9.88 Å². The van der Waals surface area contributed by atoms with Gasteiger partial charge in [0.25, 0.3) is 0 Å². The molecule has 0 bridgehead atoms. The standard InChI is InChI=1S/C27H25N3O4/c1-32-25-15-22-23(16-26(25)33-2)28-13-12-24(22)34-21-10-8-20(9-11-21)30-17-19(29-27(30)31)14-18-6-4-3-5-7-18/h3-13,15-16,19H,14,17H2,1-2H3,(H,29,31). The highest BCUT2D eigenvalue weighted by atomic mass is 16.5. The molecule has 5 rings (SSSR count). The number of rotatable bonds is 7. The number of amides is 2. The van der Waals surface area contributed by atoms with Crippen molar-refractivity contribution in [3.05, 3.63) is 84.6 Å². The fourth-order valence-electron chi connectivity index (χ4n) is 4.20. The van der Waals surface area contributed by atoms with Gasteiger partial charge in [-0.15, -0.1) is 0 Å². The molecule has 2 amide bonds. The first-order valence-corrected chi connectivity index (χ1v) is 11.0. The Labute approximate surface area is 197 Å². The van der Waals surface area contributed by atoms with Crippen LogP contribution in [0.5, 0.6) is 23.0 Å². The van der Waals surface area contributed by atoms with E-state index in [9.17, 15) is 4.79 Å². The van der Waals surface area contributed by atoms with Crippen LogP contribution < -0.4 is 24.4 Å². The van der Waals surface area contributed by atoms with Crippen molar-refractivity contribution < 1.29 is 19.0 Å². The van der Waals surface area contributed by atoms with Crippen LogP contribution in [0.25, 0.3) is 10.9 Å². The maximum Gasteiger partial charge on any atom is 0.322 e. The summed E-state index contributed by atoms with van der Waals surface area (Å²) in [4.78, 5) is 18.7. The number of carbonyl (C=O) groups excluding carboxylic acids is 1. The Kier molecular flexibility index (Phi) is 5.91. The predicted octanol–water partition coefficient (Wildman–Crippen LogP) is 5.19. The van der Waals surface area contributed by atoms with Crippen LogP contribution in [-0.2, 0) is 6.42 Å². The summed E-state index contributed by atoms with van der Waals surface area (Å²) in [7, 11) is 3.19. The minimum absolute atomic E-state index is 0.0704.